The molecule has 3 N–H and O–H groups in total. The third-order valence-electron chi connectivity index (χ3n) is 5.81. The molecule has 176 valence electrons. The Bertz CT molecular complexity index is 1690. The average molecular weight is 475 g/mol. The summed E-state index contributed by atoms with van der Waals surface area (Å²) < 4.78 is 1.59. The largest absolute Gasteiger partial charge is 0.368 e. The van der Waals surface area contributed by atoms with E-state index < -0.39 is 6.04 Å². The van der Waals surface area contributed by atoms with Crippen molar-refractivity contribution in [2.45, 2.75) is 19.9 Å². The van der Waals surface area contributed by atoms with Crippen LogP contribution >= 0.6 is 0 Å². The second-order valence-electron chi connectivity index (χ2n) is 8.30. The Hall–Kier alpha value is -5.10. The maximum atomic E-state index is 14.1. The standard InChI is InChI=1S/C27H22N8O/c1-16-13-18(11-12-30-16)21-9-6-10-22-23(21)26(36)35(20-7-4-3-5-8-20)25(33-22)17(2)32-24-19(14-28)15-31-27(29)34-24/h3-13,15,17H,1-2H3,(H3,29,31,32,34)/t17-/m0/s1. The van der Waals surface area contributed by atoms with Gasteiger partial charge in [0.15, 0.2) is 0 Å². The molecule has 2 aromatic carbocycles. The molecule has 0 aliphatic carbocycles. The molecule has 3 aromatic heterocycles. The zero-order chi connectivity index (χ0) is 25.2. The van der Waals surface area contributed by atoms with Crippen LogP contribution in [0.2, 0.25) is 0 Å². The zero-order valence-corrected chi connectivity index (χ0v) is 19.7. The molecule has 0 fully saturated rings. The first-order valence-electron chi connectivity index (χ1n) is 11.3. The molecule has 0 unspecified atom stereocenters. The summed E-state index contributed by atoms with van der Waals surface area (Å²) in [4.78, 5) is 31.4. The number of hydrogen-bond acceptors (Lipinski definition) is 8. The van der Waals surface area contributed by atoms with Crippen LogP contribution in [0.4, 0.5) is 11.8 Å². The van der Waals surface area contributed by atoms with Crippen LogP contribution in [-0.2, 0) is 0 Å². The Morgan fingerprint density at radius 3 is 2.61 bits per heavy atom. The highest BCUT2D eigenvalue weighted by Gasteiger charge is 2.21. The number of nitrogens with one attached hydrogen (secondary N) is 1. The van der Waals surface area contributed by atoms with E-state index in [0.29, 0.717) is 22.4 Å². The van der Waals surface area contributed by atoms with Crippen molar-refractivity contribution in [3.8, 4) is 22.9 Å². The molecule has 3 heterocycles. The van der Waals surface area contributed by atoms with E-state index in [2.05, 4.69) is 26.3 Å². The van der Waals surface area contributed by atoms with Gasteiger partial charge in [-0.25, -0.2) is 9.97 Å². The molecule has 9 nitrogen and oxygen atoms in total. The van der Waals surface area contributed by atoms with Crippen molar-refractivity contribution < 1.29 is 0 Å². The van der Waals surface area contributed by atoms with Gasteiger partial charge in [0, 0.05) is 11.9 Å². The number of anilines is 2. The van der Waals surface area contributed by atoms with Gasteiger partial charge in [0.1, 0.15) is 23.3 Å². The van der Waals surface area contributed by atoms with Crippen molar-refractivity contribution in [2.24, 2.45) is 0 Å². The molecular formula is C27H22N8O. The van der Waals surface area contributed by atoms with Crippen LogP contribution in [0, 0.1) is 18.3 Å². The van der Waals surface area contributed by atoms with E-state index in [1.54, 1.807) is 10.8 Å². The lowest BCUT2D eigenvalue weighted by molar-refractivity contribution is 0.731. The van der Waals surface area contributed by atoms with Crippen LogP contribution in [0.25, 0.3) is 27.7 Å². The van der Waals surface area contributed by atoms with E-state index in [1.807, 2.05) is 74.5 Å². The van der Waals surface area contributed by atoms with Crippen LogP contribution < -0.4 is 16.6 Å². The molecule has 0 aliphatic heterocycles. The predicted octanol–water partition coefficient (Wildman–Crippen LogP) is 4.17. The molecule has 0 bridgehead atoms. The van der Waals surface area contributed by atoms with Gasteiger partial charge in [0.05, 0.1) is 28.8 Å². The van der Waals surface area contributed by atoms with Crippen LogP contribution in [0.1, 0.15) is 30.0 Å². The number of nitriles is 1. The van der Waals surface area contributed by atoms with Gasteiger partial charge >= 0.3 is 0 Å². The molecule has 9 heteroatoms. The Balaban J connectivity index is 1.75. The quantitative estimate of drug-likeness (QED) is 0.387. The fourth-order valence-electron chi connectivity index (χ4n) is 4.17. The Kier molecular flexibility index (Phi) is 5.84. The molecule has 0 saturated heterocycles. The number of nitrogen functional groups attached to an aromatic ring is 1. The van der Waals surface area contributed by atoms with Gasteiger partial charge in [-0.2, -0.15) is 10.2 Å². The van der Waals surface area contributed by atoms with Crippen molar-refractivity contribution in [1.82, 2.24) is 24.5 Å². The number of rotatable bonds is 5. The van der Waals surface area contributed by atoms with Crippen molar-refractivity contribution in [3.05, 3.63) is 100 Å². The highest BCUT2D eigenvalue weighted by Crippen LogP contribution is 2.28. The van der Waals surface area contributed by atoms with E-state index in [1.165, 1.54) is 6.20 Å². The monoisotopic (exact) mass is 474 g/mol. The molecule has 1 atom stereocenters. The number of fused-ring (bicyclic) bond motifs is 1. The molecule has 0 aliphatic rings. The van der Waals surface area contributed by atoms with Gasteiger partial charge in [-0.05, 0) is 55.3 Å². The van der Waals surface area contributed by atoms with Crippen LogP contribution in [0.15, 0.2) is 77.9 Å². The lowest BCUT2D eigenvalue weighted by Crippen LogP contribution is -2.28. The highest BCUT2D eigenvalue weighted by molar-refractivity contribution is 5.94. The summed E-state index contributed by atoms with van der Waals surface area (Å²) in [5, 5.41) is 13.2. The third kappa shape index (κ3) is 4.12. The van der Waals surface area contributed by atoms with E-state index in [0.717, 1.165) is 16.8 Å². The molecule has 0 radical (unpaired) electrons. The van der Waals surface area contributed by atoms with E-state index in [9.17, 15) is 10.1 Å². The first-order chi connectivity index (χ1) is 17.5. The van der Waals surface area contributed by atoms with Gasteiger partial charge in [-0.1, -0.05) is 30.3 Å². The van der Waals surface area contributed by atoms with Gasteiger partial charge in [0.25, 0.3) is 5.56 Å². The summed E-state index contributed by atoms with van der Waals surface area (Å²) in [7, 11) is 0. The summed E-state index contributed by atoms with van der Waals surface area (Å²) in [5.41, 5.74) is 9.54. The van der Waals surface area contributed by atoms with Crippen molar-refractivity contribution in [3.63, 3.8) is 0 Å². The smallest absolute Gasteiger partial charge is 0.266 e. The fraction of sp³-hybridized carbons (Fsp3) is 0.111. The summed E-state index contributed by atoms with van der Waals surface area (Å²) >= 11 is 0. The number of nitrogens with two attached hydrogens (primary N) is 1. The Morgan fingerprint density at radius 1 is 1.06 bits per heavy atom. The second-order valence-corrected chi connectivity index (χ2v) is 8.30. The number of aryl methyl sites for hydroxylation is 1. The van der Waals surface area contributed by atoms with E-state index in [4.69, 9.17) is 10.7 Å². The molecule has 0 saturated carbocycles. The second kappa shape index (κ2) is 9.27. The first-order valence-corrected chi connectivity index (χ1v) is 11.3. The summed E-state index contributed by atoms with van der Waals surface area (Å²) in [6, 6.07) is 20.3. The summed E-state index contributed by atoms with van der Waals surface area (Å²) in [6.07, 6.45) is 3.09. The van der Waals surface area contributed by atoms with Crippen LogP contribution in [0.5, 0.6) is 0 Å². The normalized spacial score (nSPS) is 11.7. The van der Waals surface area contributed by atoms with Crippen molar-refractivity contribution in [2.75, 3.05) is 11.1 Å². The Morgan fingerprint density at radius 2 is 1.86 bits per heavy atom. The molecule has 36 heavy (non-hydrogen) atoms. The number of aromatic nitrogens is 5. The minimum Gasteiger partial charge on any atom is -0.368 e. The lowest BCUT2D eigenvalue weighted by Gasteiger charge is -2.21. The average Bonchev–Trinajstić information content (AvgIpc) is 2.89. The molecule has 0 spiro atoms. The first kappa shape index (κ1) is 22.7. The van der Waals surface area contributed by atoms with Crippen LogP contribution in [0.3, 0.4) is 0 Å². The molecule has 5 aromatic rings. The zero-order valence-electron chi connectivity index (χ0n) is 19.7. The van der Waals surface area contributed by atoms with Gasteiger partial charge in [-0.3, -0.25) is 14.3 Å². The van der Waals surface area contributed by atoms with Gasteiger partial charge < -0.3 is 11.1 Å². The Labute approximate surface area is 206 Å². The number of pyridine rings is 1. The SMILES string of the molecule is Cc1cc(-c2cccc3nc([C@H](C)Nc4nc(N)ncc4C#N)n(-c4ccccc4)c(=O)c23)ccn1. The molecular weight excluding hydrogens is 452 g/mol. The van der Waals surface area contributed by atoms with Crippen molar-refractivity contribution in [1.29, 1.82) is 5.26 Å². The number of benzene rings is 2. The molecule has 5 rings (SSSR count). The van der Waals surface area contributed by atoms with Gasteiger partial charge in [0.2, 0.25) is 5.95 Å². The maximum absolute atomic E-state index is 14.1. The topological polar surface area (TPSA) is 135 Å². The van der Waals surface area contributed by atoms with E-state index >= 15 is 0 Å². The maximum Gasteiger partial charge on any atom is 0.266 e. The minimum atomic E-state index is -0.504. The predicted molar refractivity (Wildman–Crippen MR) is 139 cm³/mol. The van der Waals surface area contributed by atoms with E-state index in [-0.39, 0.29) is 22.9 Å². The summed E-state index contributed by atoms with van der Waals surface area (Å²) in [6.45, 7) is 3.76. The van der Waals surface area contributed by atoms with Crippen molar-refractivity contribution >= 4 is 22.7 Å². The summed E-state index contributed by atoms with van der Waals surface area (Å²) in [5.74, 6) is 0.767. The number of para-hydroxylation sites is 1. The van der Waals surface area contributed by atoms with Gasteiger partial charge in [-0.15, -0.1) is 0 Å². The number of hydrogen-bond donors (Lipinski definition) is 2. The highest BCUT2D eigenvalue weighted by atomic mass is 16.1. The lowest BCUT2D eigenvalue weighted by atomic mass is 10.0. The number of nitrogens with zero attached hydrogens (tertiary/aromatic N) is 6. The third-order valence-corrected chi connectivity index (χ3v) is 5.81. The minimum absolute atomic E-state index is 0.0351. The molecule has 0 amide bonds. The van der Waals surface area contributed by atoms with Crippen LogP contribution in [-0.4, -0.2) is 24.5 Å². The fourth-order valence-corrected chi connectivity index (χ4v) is 4.17.